The van der Waals surface area contributed by atoms with E-state index in [4.69, 9.17) is 0 Å². The average molecular weight is 488 g/mol. The molecule has 0 aliphatic carbocycles. The minimum Gasteiger partial charge on any atom is -0.280 e. The van der Waals surface area contributed by atoms with Gasteiger partial charge in [0.05, 0.1) is 11.4 Å². The van der Waals surface area contributed by atoms with Crippen LogP contribution in [0.15, 0.2) is 81.6 Å². The summed E-state index contributed by atoms with van der Waals surface area (Å²) in [5, 5.41) is 6.50. The van der Waals surface area contributed by atoms with Gasteiger partial charge in [-0.05, 0) is 47.7 Å². The molecule has 4 aromatic rings. The topological polar surface area (TPSA) is 64.0 Å². The molecule has 0 aliphatic rings. The Bertz CT molecular complexity index is 1230. The molecule has 0 spiro atoms. The van der Waals surface area contributed by atoms with Crippen LogP contribution in [-0.2, 0) is 16.6 Å². The summed E-state index contributed by atoms with van der Waals surface area (Å²) >= 11 is 4.90. The van der Waals surface area contributed by atoms with Gasteiger partial charge in [0, 0.05) is 16.4 Å². The second-order valence-corrected chi connectivity index (χ2v) is 10.0. The van der Waals surface area contributed by atoms with Crippen LogP contribution < -0.4 is 4.72 Å². The Morgan fingerprint density at radius 2 is 1.90 bits per heavy atom. The number of nitrogens with one attached hydrogen (secondary N) is 1. The number of hydrogen-bond donors (Lipinski definition) is 1. The first-order chi connectivity index (χ1) is 13.9. The second kappa shape index (κ2) is 8.14. The van der Waals surface area contributed by atoms with E-state index in [0.717, 1.165) is 20.5 Å². The average Bonchev–Trinajstić information content (AvgIpc) is 3.35. The number of benzene rings is 2. The van der Waals surface area contributed by atoms with Crippen LogP contribution in [-0.4, -0.2) is 18.2 Å². The van der Waals surface area contributed by atoms with Crippen molar-refractivity contribution in [3.05, 3.63) is 87.8 Å². The SMILES string of the molecule is Cc1cc(NS(=O)(=O)c2cn(Cc3ccccc3)nc2-c2cccs2)ccc1Br. The summed E-state index contributed by atoms with van der Waals surface area (Å²) in [5.74, 6) is 0. The first-order valence-corrected chi connectivity index (χ1v) is 12.0. The maximum Gasteiger partial charge on any atom is 0.265 e. The van der Waals surface area contributed by atoms with E-state index in [1.165, 1.54) is 11.3 Å². The van der Waals surface area contributed by atoms with Crippen molar-refractivity contribution in [1.82, 2.24) is 9.78 Å². The lowest BCUT2D eigenvalue weighted by molar-refractivity contribution is 0.601. The molecule has 0 bridgehead atoms. The van der Waals surface area contributed by atoms with Gasteiger partial charge >= 0.3 is 0 Å². The summed E-state index contributed by atoms with van der Waals surface area (Å²) < 4.78 is 31.7. The molecule has 4 rings (SSSR count). The summed E-state index contributed by atoms with van der Waals surface area (Å²) in [4.78, 5) is 0.973. The molecule has 29 heavy (non-hydrogen) atoms. The van der Waals surface area contributed by atoms with Crippen molar-refractivity contribution in [2.24, 2.45) is 0 Å². The standard InChI is InChI=1S/C21H18BrN3O2S2/c1-15-12-17(9-10-18(15)22)24-29(26,27)20-14-25(13-16-6-3-2-4-7-16)23-21(20)19-8-5-11-28-19/h2-12,14,24H,13H2,1H3. The maximum atomic E-state index is 13.2. The molecule has 0 saturated heterocycles. The van der Waals surface area contributed by atoms with E-state index in [1.54, 1.807) is 23.0 Å². The number of nitrogens with zero attached hydrogens (tertiary/aromatic N) is 2. The Kier molecular flexibility index (Phi) is 5.58. The third kappa shape index (κ3) is 4.44. The molecule has 2 heterocycles. The van der Waals surface area contributed by atoms with Crippen molar-refractivity contribution in [2.75, 3.05) is 4.72 Å². The van der Waals surface area contributed by atoms with Crippen LogP contribution in [0.5, 0.6) is 0 Å². The minimum absolute atomic E-state index is 0.163. The highest BCUT2D eigenvalue weighted by molar-refractivity contribution is 9.10. The summed E-state index contributed by atoms with van der Waals surface area (Å²) in [5.41, 5.74) is 2.97. The number of halogens is 1. The van der Waals surface area contributed by atoms with E-state index < -0.39 is 10.0 Å². The van der Waals surface area contributed by atoms with Crippen LogP contribution in [0.4, 0.5) is 5.69 Å². The molecule has 5 nitrogen and oxygen atoms in total. The van der Waals surface area contributed by atoms with E-state index in [0.29, 0.717) is 17.9 Å². The molecule has 148 valence electrons. The largest absolute Gasteiger partial charge is 0.280 e. The van der Waals surface area contributed by atoms with Gasteiger partial charge in [-0.2, -0.15) is 5.10 Å². The molecule has 8 heteroatoms. The van der Waals surface area contributed by atoms with Gasteiger partial charge in [-0.15, -0.1) is 11.3 Å². The summed E-state index contributed by atoms with van der Waals surface area (Å²) in [7, 11) is -3.81. The van der Waals surface area contributed by atoms with Crippen molar-refractivity contribution >= 4 is 43.0 Å². The molecule has 0 aliphatic heterocycles. The Hall–Kier alpha value is -2.42. The third-order valence-corrected chi connectivity index (χ3v) is 7.52. The Morgan fingerprint density at radius 1 is 1.10 bits per heavy atom. The fourth-order valence-corrected chi connectivity index (χ4v) is 5.20. The summed E-state index contributed by atoms with van der Waals surface area (Å²) in [6.45, 7) is 2.41. The number of aromatic nitrogens is 2. The minimum atomic E-state index is -3.81. The number of rotatable bonds is 6. The van der Waals surface area contributed by atoms with Gasteiger partial charge in [-0.1, -0.05) is 52.3 Å². The Balaban J connectivity index is 1.73. The number of thiophene rings is 1. The molecule has 2 aromatic heterocycles. The number of aryl methyl sites for hydroxylation is 1. The van der Waals surface area contributed by atoms with E-state index >= 15 is 0 Å². The van der Waals surface area contributed by atoms with Crippen LogP contribution in [0.3, 0.4) is 0 Å². The van der Waals surface area contributed by atoms with Crippen molar-refractivity contribution in [1.29, 1.82) is 0 Å². The number of anilines is 1. The zero-order valence-corrected chi connectivity index (χ0v) is 18.8. The first-order valence-electron chi connectivity index (χ1n) is 8.86. The van der Waals surface area contributed by atoms with Crippen LogP contribution in [0.25, 0.3) is 10.6 Å². The molecule has 2 aromatic carbocycles. The van der Waals surface area contributed by atoms with Crippen molar-refractivity contribution in [3.8, 4) is 10.6 Å². The smallest absolute Gasteiger partial charge is 0.265 e. The van der Waals surface area contributed by atoms with Gasteiger partial charge < -0.3 is 0 Å². The molecule has 0 radical (unpaired) electrons. The number of hydrogen-bond acceptors (Lipinski definition) is 4. The molecule has 0 fully saturated rings. The molecule has 0 saturated carbocycles. The van der Waals surface area contributed by atoms with Gasteiger partial charge in [0.25, 0.3) is 10.0 Å². The number of sulfonamides is 1. The third-order valence-electron chi connectivity index (χ3n) is 4.37. The molecule has 0 unspecified atom stereocenters. The normalized spacial score (nSPS) is 11.5. The zero-order valence-electron chi connectivity index (χ0n) is 15.5. The predicted octanol–water partition coefficient (Wildman–Crippen LogP) is 5.53. The summed E-state index contributed by atoms with van der Waals surface area (Å²) in [6.07, 6.45) is 1.59. The Labute approximate surface area is 182 Å². The first kappa shape index (κ1) is 19.9. The van der Waals surface area contributed by atoms with Gasteiger partial charge in [0.15, 0.2) is 0 Å². The van der Waals surface area contributed by atoms with Crippen LogP contribution in [0.1, 0.15) is 11.1 Å². The monoisotopic (exact) mass is 487 g/mol. The van der Waals surface area contributed by atoms with E-state index in [9.17, 15) is 8.42 Å². The second-order valence-electron chi connectivity index (χ2n) is 6.57. The van der Waals surface area contributed by atoms with Crippen molar-refractivity contribution in [2.45, 2.75) is 18.4 Å². The lowest BCUT2D eigenvalue weighted by atomic mass is 10.2. The fourth-order valence-electron chi connectivity index (χ4n) is 2.95. The molecule has 0 amide bonds. The highest BCUT2D eigenvalue weighted by Crippen LogP contribution is 2.31. The van der Waals surface area contributed by atoms with Crippen molar-refractivity contribution in [3.63, 3.8) is 0 Å². The fraction of sp³-hybridized carbons (Fsp3) is 0.0952. The molecular formula is C21H18BrN3O2S2. The Morgan fingerprint density at radius 3 is 2.59 bits per heavy atom. The van der Waals surface area contributed by atoms with Crippen LogP contribution >= 0.6 is 27.3 Å². The van der Waals surface area contributed by atoms with Gasteiger partial charge in [-0.25, -0.2) is 8.42 Å². The van der Waals surface area contributed by atoms with Crippen LogP contribution in [0.2, 0.25) is 0 Å². The van der Waals surface area contributed by atoms with E-state index in [1.807, 2.05) is 60.8 Å². The van der Waals surface area contributed by atoms with Gasteiger partial charge in [0.2, 0.25) is 0 Å². The highest BCUT2D eigenvalue weighted by atomic mass is 79.9. The van der Waals surface area contributed by atoms with E-state index in [2.05, 4.69) is 25.8 Å². The van der Waals surface area contributed by atoms with E-state index in [-0.39, 0.29) is 4.90 Å². The lowest BCUT2D eigenvalue weighted by Crippen LogP contribution is -2.13. The van der Waals surface area contributed by atoms with Gasteiger partial charge in [-0.3, -0.25) is 9.40 Å². The molecular weight excluding hydrogens is 470 g/mol. The lowest BCUT2D eigenvalue weighted by Gasteiger charge is -2.09. The maximum absolute atomic E-state index is 13.2. The zero-order chi connectivity index (χ0) is 20.4. The predicted molar refractivity (Wildman–Crippen MR) is 121 cm³/mol. The molecule has 0 atom stereocenters. The van der Waals surface area contributed by atoms with Crippen molar-refractivity contribution < 1.29 is 8.42 Å². The van der Waals surface area contributed by atoms with Gasteiger partial charge in [0.1, 0.15) is 10.6 Å². The summed E-state index contributed by atoms with van der Waals surface area (Å²) in [6, 6.07) is 18.9. The quantitative estimate of drug-likeness (QED) is 0.388. The molecule has 1 N–H and O–H groups in total. The highest BCUT2D eigenvalue weighted by Gasteiger charge is 2.24. The van der Waals surface area contributed by atoms with Crippen LogP contribution in [0, 0.1) is 6.92 Å².